The third-order valence-electron chi connectivity index (χ3n) is 10.6. The van der Waals surface area contributed by atoms with Crippen LogP contribution in [0.3, 0.4) is 0 Å². The molecule has 0 aliphatic heterocycles. The van der Waals surface area contributed by atoms with Gasteiger partial charge in [0.15, 0.2) is 0 Å². The van der Waals surface area contributed by atoms with Crippen LogP contribution >= 0.6 is 0 Å². The zero-order valence-corrected chi connectivity index (χ0v) is 26.9. The van der Waals surface area contributed by atoms with Crippen molar-refractivity contribution < 1.29 is 0 Å². The first-order chi connectivity index (χ1) is 23.1. The molecule has 7 aromatic rings. The predicted octanol–water partition coefficient (Wildman–Crippen LogP) is 13.1. The van der Waals surface area contributed by atoms with Gasteiger partial charge in [-0.2, -0.15) is 0 Å². The molecule has 0 fully saturated rings. The molecule has 0 N–H and O–H groups in total. The van der Waals surface area contributed by atoms with Crippen molar-refractivity contribution in [2.45, 2.75) is 32.1 Å². The van der Waals surface area contributed by atoms with Gasteiger partial charge in [0.25, 0.3) is 0 Å². The van der Waals surface area contributed by atoms with Gasteiger partial charge in [-0.1, -0.05) is 159 Å². The quantitative estimate of drug-likeness (QED) is 0.176. The Hall–Kier alpha value is -5.46. The zero-order chi connectivity index (χ0) is 31.5. The summed E-state index contributed by atoms with van der Waals surface area (Å²) in [6, 6.07) is 54.0. The fourth-order valence-corrected chi connectivity index (χ4v) is 8.29. The number of hydrogen-bond donors (Lipinski definition) is 0. The number of fused-ring (bicyclic) bond motifs is 4. The summed E-state index contributed by atoms with van der Waals surface area (Å²) in [4.78, 5) is 0. The lowest BCUT2D eigenvalue weighted by atomic mass is 9.78. The van der Waals surface area contributed by atoms with Crippen molar-refractivity contribution in [3.8, 4) is 44.5 Å². The van der Waals surface area contributed by atoms with E-state index in [-0.39, 0.29) is 5.41 Å². The second-order valence-corrected chi connectivity index (χ2v) is 13.6. The van der Waals surface area contributed by atoms with Gasteiger partial charge in [0.05, 0.1) is 0 Å². The molecule has 7 aromatic carbocycles. The molecule has 0 amide bonds. The van der Waals surface area contributed by atoms with Crippen molar-refractivity contribution >= 4 is 27.1 Å². The summed E-state index contributed by atoms with van der Waals surface area (Å²) in [6.45, 7) is 4.81. The van der Waals surface area contributed by atoms with Gasteiger partial charge >= 0.3 is 0 Å². The van der Waals surface area contributed by atoms with E-state index in [1.54, 1.807) is 5.57 Å². The van der Waals surface area contributed by atoms with E-state index in [1.165, 1.54) is 82.8 Å². The highest BCUT2D eigenvalue weighted by atomic mass is 14.4. The standard InChI is InChI=1S/C47H36/c1-47(2)43-25-11-10-20-37(43)38-27-26-34(30-44(38)47)33-17-13-19-36(29-33)46-41-23-8-6-21-39(41)45(40-22-7-9-24-42(40)46)35-18-12-16-32(28-35)31-14-4-3-5-15-31/h3-10,12-24,26-30H,11,25H2,1-2H3. The van der Waals surface area contributed by atoms with Crippen molar-refractivity contribution in [1.82, 2.24) is 0 Å². The summed E-state index contributed by atoms with van der Waals surface area (Å²) in [5, 5.41) is 5.12. The van der Waals surface area contributed by atoms with Crippen LogP contribution in [0.25, 0.3) is 71.6 Å². The van der Waals surface area contributed by atoms with Gasteiger partial charge in [-0.3, -0.25) is 0 Å². The molecule has 0 heterocycles. The molecule has 0 atom stereocenters. The molecular formula is C47H36. The molecule has 0 spiro atoms. The molecule has 224 valence electrons. The number of rotatable bonds is 4. The van der Waals surface area contributed by atoms with Crippen molar-refractivity contribution in [2.75, 3.05) is 0 Å². The van der Waals surface area contributed by atoms with Gasteiger partial charge < -0.3 is 0 Å². The second kappa shape index (κ2) is 10.8. The summed E-state index contributed by atoms with van der Waals surface area (Å²) >= 11 is 0. The maximum atomic E-state index is 2.46. The Morgan fingerprint density at radius 1 is 0.447 bits per heavy atom. The lowest BCUT2D eigenvalue weighted by molar-refractivity contribution is 0.607. The smallest absolute Gasteiger partial charge is 0.0121 e. The summed E-state index contributed by atoms with van der Waals surface area (Å²) in [7, 11) is 0. The van der Waals surface area contributed by atoms with Crippen LogP contribution < -0.4 is 0 Å². The summed E-state index contributed by atoms with van der Waals surface area (Å²) < 4.78 is 0. The van der Waals surface area contributed by atoms with E-state index in [2.05, 4.69) is 172 Å². The molecule has 2 aliphatic carbocycles. The van der Waals surface area contributed by atoms with Gasteiger partial charge in [0.1, 0.15) is 0 Å². The van der Waals surface area contributed by atoms with Gasteiger partial charge in [-0.15, -0.1) is 0 Å². The van der Waals surface area contributed by atoms with Crippen LogP contribution in [0.1, 0.15) is 37.8 Å². The minimum Gasteiger partial charge on any atom is -0.0836 e. The molecule has 47 heavy (non-hydrogen) atoms. The van der Waals surface area contributed by atoms with Gasteiger partial charge in [-0.05, 0) is 114 Å². The highest BCUT2D eigenvalue weighted by Crippen LogP contribution is 2.51. The van der Waals surface area contributed by atoms with Crippen LogP contribution in [-0.2, 0) is 5.41 Å². The average molecular weight is 601 g/mol. The molecule has 0 unspecified atom stereocenters. The maximum absolute atomic E-state index is 2.46. The monoisotopic (exact) mass is 600 g/mol. The molecule has 9 rings (SSSR count). The van der Waals surface area contributed by atoms with Crippen molar-refractivity contribution in [1.29, 1.82) is 0 Å². The molecule has 0 saturated carbocycles. The first-order valence-electron chi connectivity index (χ1n) is 16.8. The third kappa shape index (κ3) is 4.43. The van der Waals surface area contributed by atoms with Crippen LogP contribution in [0.15, 0.2) is 163 Å². The van der Waals surface area contributed by atoms with Crippen LogP contribution in [0.5, 0.6) is 0 Å². The van der Waals surface area contributed by atoms with E-state index < -0.39 is 0 Å². The Kier molecular flexibility index (Phi) is 6.40. The van der Waals surface area contributed by atoms with E-state index in [4.69, 9.17) is 0 Å². The van der Waals surface area contributed by atoms with Crippen LogP contribution in [0.4, 0.5) is 0 Å². The van der Waals surface area contributed by atoms with Crippen LogP contribution in [0.2, 0.25) is 0 Å². The Morgan fingerprint density at radius 2 is 0.936 bits per heavy atom. The Morgan fingerprint density at radius 3 is 1.53 bits per heavy atom. The topological polar surface area (TPSA) is 0 Å². The zero-order valence-electron chi connectivity index (χ0n) is 26.9. The third-order valence-corrected chi connectivity index (χ3v) is 10.6. The molecule has 2 aliphatic rings. The SMILES string of the molecule is CC1(C)C2=C(C=CCC2)c2ccc(-c3cccc(-c4c5ccccc5c(-c5cccc(-c6ccccc6)c5)c5ccccc45)c3)cc21. The summed E-state index contributed by atoms with van der Waals surface area (Å²) in [5.41, 5.74) is 16.0. The number of hydrogen-bond acceptors (Lipinski definition) is 0. The van der Waals surface area contributed by atoms with E-state index in [0.29, 0.717) is 0 Å². The van der Waals surface area contributed by atoms with Gasteiger partial charge in [0.2, 0.25) is 0 Å². The molecule has 0 aromatic heterocycles. The number of benzene rings is 7. The average Bonchev–Trinajstić information content (AvgIpc) is 3.36. The Bertz CT molecular complexity index is 2360. The van der Waals surface area contributed by atoms with Gasteiger partial charge in [0, 0.05) is 5.41 Å². The lowest BCUT2D eigenvalue weighted by Crippen LogP contribution is -2.17. The Labute approximate surface area is 277 Å². The fraction of sp³-hybridized carbons (Fsp3) is 0.106. The lowest BCUT2D eigenvalue weighted by Gasteiger charge is -2.26. The fourth-order valence-electron chi connectivity index (χ4n) is 8.29. The molecule has 0 nitrogen and oxygen atoms in total. The normalized spacial score (nSPS) is 14.9. The maximum Gasteiger partial charge on any atom is 0.0121 e. The molecule has 0 radical (unpaired) electrons. The highest BCUT2D eigenvalue weighted by Gasteiger charge is 2.37. The van der Waals surface area contributed by atoms with Crippen LogP contribution in [0, 0.1) is 0 Å². The summed E-state index contributed by atoms with van der Waals surface area (Å²) in [5.74, 6) is 0. The minimum atomic E-state index is 0.0586. The molecular weight excluding hydrogens is 565 g/mol. The minimum absolute atomic E-state index is 0.0586. The largest absolute Gasteiger partial charge is 0.0836 e. The first kappa shape index (κ1) is 27.8. The Balaban J connectivity index is 1.22. The van der Waals surface area contributed by atoms with Gasteiger partial charge in [-0.25, -0.2) is 0 Å². The first-order valence-corrected chi connectivity index (χ1v) is 16.8. The molecule has 0 heteroatoms. The highest BCUT2D eigenvalue weighted by molar-refractivity contribution is 6.21. The second-order valence-electron chi connectivity index (χ2n) is 13.6. The van der Waals surface area contributed by atoms with Crippen molar-refractivity contribution in [3.05, 3.63) is 174 Å². The summed E-state index contributed by atoms with van der Waals surface area (Å²) in [6.07, 6.45) is 6.99. The van der Waals surface area contributed by atoms with E-state index in [9.17, 15) is 0 Å². The van der Waals surface area contributed by atoms with Crippen molar-refractivity contribution in [3.63, 3.8) is 0 Å². The van der Waals surface area contributed by atoms with Crippen molar-refractivity contribution in [2.24, 2.45) is 0 Å². The van der Waals surface area contributed by atoms with E-state index in [0.717, 1.165) is 12.8 Å². The number of allylic oxidation sites excluding steroid dienone is 4. The molecule has 0 saturated heterocycles. The molecule has 0 bridgehead atoms. The van der Waals surface area contributed by atoms with E-state index in [1.807, 2.05) is 0 Å². The van der Waals surface area contributed by atoms with E-state index >= 15 is 0 Å². The van der Waals surface area contributed by atoms with Crippen LogP contribution in [-0.4, -0.2) is 0 Å². The predicted molar refractivity (Wildman–Crippen MR) is 202 cm³/mol.